The molecule has 18 heavy (non-hydrogen) atoms. The van der Waals surface area contributed by atoms with Gasteiger partial charge in [-0.3, -0.25) is 4.79 Å². The molecule has 96 valence electrons. The number of hydrogen-bond donors (Lipinski definition) is 3. The quantitative estimate of drug-likeness (QED) is 0.760. The van der Waals surface area contributed by atoms with Crippen molar-refractivity contribution in [2.45, 2.75) is 11.4 Å². The topological polar surface area (TPSA) is 53.2 Å². The summed E-state index contributed by atoms with van der Waals surface area (Å²) in [5.74, 6) is 1.40. The van der Waals surface area contributed by atoms with Gasteiger partial charge in [0.25, 0.3) is 0 Å². The van der Waals surface area contributed by atoms with Gasteiger partial charge in [-0.05, 0) is 23.6 Å². The van der Waals surface area contributed by atoms with E-state index < -0.39 is 0 Å². The first-order valence-electron chi connectivity index (χ1n) is 6.28. The van der Waals surface area contributed by atoms with Gasteiger partial charge >= 0.3 is 0 Å². The molecule has 0 atom stereocenters. The third kappa shape index (κ3) is 2.68. The molecule has 3 N–H and O–H groups in total. The van der Waals surface area contributed by atoms with E-state index in [2.05, 4.69) is 34.1 Å². The second-order valence-corrected chi connectivity index (χ2v) is 5.84. The van der Waals surface area contributed by atoms with E-state index in [1.54, 1.807) is 11.8 Å². The highest BCUT2D eigenvalue weighted by molar-refractivity contribution is 8.00. The molecule has 2 aliphatic rings. The Balaban J connectivity index is 1.58. The van der Waals surface area contributed by atoms with E-state index in [0.29, 0.717) is 5.75 Å². The van der Waals surface area contributed by atoms with Crippen LogP contribution in [0.3, 0.4) is 0 Å². The first-order chi connectivity index (χ1) is 8.81. The van der Waals surface area contributed by atoms with Crippen LogP contribution < -0.4 is 16.0 Å². The van der Waals surface area contributed by atoms with E-state index >= 15 is 0 Å². The fraction of sp³-hybridized carbons (Fsp3) is 0.462. The lowest BCUT2D eigenvalue weighted by molar-refractivity contribution is -0.113. The molecule has 0 bridgehead atoms. The van der Waals surface area contributed by atoms with Gasteiger partial charge in [0.05, 0.1) is 11.4 Å². The molecule has 3 rings (SSSR count). The Morgan fingerprint density at radius 3 is 3.06 bits per heavy atom. The van der Waals surface area contributed by atoms with Crippen LogP contribution in [0.15, 0.2) is 23.1 Å². The van der Waals surface area contributed by atoms with E-state index in [0.717, 1.165) is 37.8 Å². The summed E-state index contributed by atoms with van der Waals surface area (Å²) >= 11 is 1.61. The number of nitrogens with one attached hydrogen (secondary N) is 3. The van der Waals surface area contributed by atoms with Crippen molar-refractivity contribution < 1.29 is 4.79 Å². The van der Waals surface area contributed by atoms with E-state index in [-0.39, 0.29) is 5.91 Å². The van der Waals surface area contributed by atoms with Crippen LogP contribution in [0, 0.1) is 5.92 Å². The fourth-order valence-corrected chi connectivity index (χ4v) is 2.94. The lowest BCUT2D eigenvalue weighted by atomic mass is 10.0. The maximum atomic E-state index is 11.3. The van der Waals surface area contributed by atoms with Crippen molar-refractivity contribution in [3.63, 3.8) is 0 Å². The number of thioether (sulfide) groups is 1. The summed E-state index contributed by atoms with van der Waals surface area (Å²) in [6.45, 7) is 4.18. The largest absolute Gasteiger partial charge is 0.324 e. The predicted octanol–water partition coefficient (Wildman–Crippen LogP) is 1.04. The summed E-state index contributed by atoms with van der Waals surface area (Å²) in [5.41, 5.74) is 2.18. The minimum absolute atomic E-state index is 0.0955. The zero-order valence-corrected chi connectivity index (χ0v) is 11.0. The average molecular weight is 263 g/mol. The molecule has 0 unspecified atom stereocenters. The van der Waals surface area contributed by atoms with E-state index in [4.69, 9.17) is 0 Å². The number of anilines is 1. The lowest BCUT2D eigenvalue weighted by Crippen LogP contribution is -2.47. The van der Waals surface area contributed by atoms with Crippen LogP contribution in [0.1, 0.15) is 5.56 Å². The summed E-state index contributed by atoms with van der Waals surface area (Å²) in [6.07, 6.45) is 0. The van der Waals surface area contributed by atoms with Gasteiger partial charge in [0.15, 0.2) is 0 Å². The molecule has 0 saturated carbocycles. The first-order valence-corrected chi connectivity index (χ1v) is 7.27. The molecule has 1 amide bonds. The minimum atomic E-state index is 0.0955. The SMILES string of the molecule is O=C1CSc2ccc(CNCC3CNC3)cc2N1. The Kier molecular flexibility index (Phi) is 3.54. The number of amides is 1. The summed E-state index contributed by atoms with van der Waals surface area (Å²) in [6, 6.07) is 6.31. The molecular weight excluding hydrogens is 246 g/mol. The van der Waals surface area contributed by atoms with Crippen molar-refractivity contribution in [1.29, 1.82) is 0 Å². The van der Waals surface area contributed by atoms with Gasteiger partial charge in [-0.15, -0.1) is 11.8 Å². The van der Waals surface area contributed by atoms with Crippen molar-refractivity contribution in [2.75, 3.05) is 30.7 Å². The van der Waals surface area contributed by atoms with Gasteiger partial charge < -0.3 is 16.0 Å². The van der Waals surface area contributed by atoms with Gasteiger partial charge in [0.2, 0.25) is 5.91 Å². The van der Waals surface area contributed by atoms with Crippen LogP contribution in [0.25, 0.3) is 0 Å². The summed E-state index contributed by atoms with van der Waals surface area (Å²) < 4.78 is 0. The second-order valence-electron chi connectivity index (χ2n) is 4.82. The number of carbonyl (C=O) groups is 1. The van der Waals surface area contributed by atoms with Gasteiger partial charge in [-0.25, -0.2) is 0 Å². The molecule has 1 fully saturated rings. The average Bonchev–Trinajstić information content (AvgIpc) is 2.32. The number of carbonyl (C=O) groups excluding carboxylic acids is 1. The number of benzene rings is 1. The molecule has 2 heterocycles. The van der Waals surface area contributed by atoms with Gasteiger partial charge in [-0.2, -0.15) is 0 Å². The molecule has 1 aromatic rings. The first kappa shape index (κ1) is 12.0. The van der Waals surface area contributed by atoms with Gasteiger partial charge in [-0.1, -0.05) is 6.07 Å². The molecule has 0 radical (unpaired) electrons. The van der Waals surface area contributed by atoms with Crippen molar-refractivity contribution in [3.05, 3.63) is 23.8 Å². The zero-order chi connectivity index (χ0) is 12.4. The fourth-order valence-electron chi connectivity index (χ4n) is 2.15. The normalized spacial score (nSPS) is 19.0. The molecule has 2 aliphatic heterocycles. The molecule has 1 aromatic carbocycles. The van der Waals surface area contributed by atoms with Gasteiger partial charge in [0, 0.05) is 31.1 Å². The monoisotopic (exact) mass is 263 g/mol. The van der Waals surface area contributed by atoms with Gasteiger partial charge in [0.1, 0.15) is 0 Å². The van der Waals surface area contributed by atoms with Crippen LogP contribution in [-0.2, 0) is 11.3 Å². The van der Waals surface area contributed by atoms with Crippen LogP contribution >= 0.6 is 11.8 Å². The Bertz CT molecular complexity index is 460. The van der Waals surface area contributed by atoms with Crippen molar-refractivity contribution >= 4 is 23.4 Å². The number of fused-ring (bicyclic) bond motifs is 1. The molecular formula is C13H17N3OS. The summed E-state index contributed by atoms with van der Waals surface area (Å²) in [7, 11) is 0. The van der Waals surface area contributed by atoms with Crippen LogP contribution in [0.4, 0.5) is 5.69 Å². The van der Waals surface area contributed by atoms with Crippen molar-refractivity contribution in [2.24, 2.45) is 5.92 Å². The lowest BCUT2D eigenvalue weighted by Gasteiger charge is -2.27. The number of rotatable bonds is 4. The molecule has 0 aromatic heterocycles. The smallest absolute Gasteiger partial charge is 0.234 e. The highest BCUT2D eigenvalue weighted by atomic mass is 32.2. The Morgan fingerprint density at radius 1 is 1.39 bits per heavy atom. The minimum Gasteiger partial charge on any atom is -0.324 e. The zero-order valence-electron chi connectivity index (χ0n) is 10.2. The van der Waals surface area contributed by atoms with Crippen molar-refractivity contribution in [3.8, 4) is 0 Å². The maximum absolute atomic E-state index is 11.3. The maximum Gasteiger partial charge on any atom is 0.234 e. The van der Waals surface area contributed by atoms with Crippen molar-refractivity contribution in [1.82, 2.24) is 10.6 Å². The Hall–Kier alpha value is -1.04. The highest BCUT2D eigenvalue weighted by Crippen LogP contribution is 2.31. The molecule has 5 heteroatoms. The molecule has 1 saturated heterocycles. The summed E-state index contributed by atoms with van der Waals surface area (Å²) in [4.78, 5) is 12.5. The Morgan fingerprint density at radius 2 is 2.28 bits per heavy atom. The van der Waals surface area contributed by atoms with Crippen LogP contribution in [-0.4, -0.2) is 31.3 Å². The molecule has 4 nitrogen and oxygen atoms in total. The van der Waals surface area contributed by atoms with E-state index in [9.17, 15) is 4.79 Å². The highest BCUT2D eigenvalue weighted by Gasteiger charge is 2.17. The van der Waals surface area contributed by atoms with E-state index in [1.807, 2.05) is 0 Å². The number of hydrogen-bond acceptors (Lipinski definition) is 4. The molecule has 0 aliphatic carbocycles. The second kappa shape index (κ2) is 5.30. The molecule has 0 spiro atoms. The third-order valence-corrected chi connectivity index (χ3v) is 4.38. The van der Waals surface area contributed by atoms with Crippen LogP contribution in [0.2, 0.25) is 0 Å². The summed E-state index contributed by atoms with van der Waals surface area (Å²) in [5, 5.41) is 9.65. The van der Waals surface area contributed by atoms with E-state index in [1.165, 1.54) is 10.5 Å². The standard InChI is InChI=1S/C13H17N3OS/c17-13-8-18-12-2-1-9(3-11(12)16-13)4-14-5-10-6-15-7-10/h1-3,10,14-15H,4-8H2,(H,16,17). The third-order valence-electron chi connectivity index (χ3n) is 3.30. The Labute approximate surface area is 111 Å². The predicted molar refractivity (Wildman–Crippen MR) is 73.9 cm³/mol. The van der Waals surface area contributed by atoms with Crippen LogP contribution in [0.5, 0.6) is 0 Å².